The molecule has 0 spiro atoms. The molecule has 1 saturated carbocycles. The number of carbonyl (C=O) groups is 1. The van der Waals surface area contributed by atoms with Crippen LogP contribution >= 0.6 is 11.6 Å². The number of nitrogens with zero attached hydrogens (tertiary/aromatic N) is 2. The number of sulfonamides is 1. The van der Waals surface area contributed by atoms with Crippen LogP contribution in [-0.2, 0) is 33.4 Å². The standard InChI is InChI=1S/C37H43ClFN3O5S/c1-24-7-6-16-37(46-3,32-21-40-17-15-33(32)39)31-13-10-28(31)22-42-18-5-4-8-26-19-30(38)12-9-29(26)23-47-35-14-11-27(20-34(35)42)36(43)41-48(44,45)25(24)2/h6,9,11-12,14-17,19-21,24-25,28,31H,4-5,7-8,10,13,18,22-23H2,1-3H3,(H,41,43)/b16-6+/t24-,25+,28-,31+,37-/m0/s1. The predicted molar refractivity (Wildman–Crippen MR) is 185 cm³/mol. The van der Waals surface area contributed by atoms with Gasteiger partial charge in [0.2, 0.25) is 10.0 Å². The van der Waals surface area contributed by atoms with Gasteiger partial charge in [-0.1, -0.05) is 36.7 Å². The summed E-state index contributed by atoms with van der Waals surface area (Å²) in [6, 6.07) is 12.3. The fraction of sp³-hybridized carbons (Fsp3) is 0.459. The molecule has 1 aromatic heterocycles. The maximum Gasteiger partial charge on any atom is 0.264 e. The van der Waals surface area contributed by atoms with E-state index in [4.69, 9.17) is 21.1 Å². The van der Waals surface area contributed by atoms with Gasteiger partial charge in [-0.3, -0.25) is 9.78 Å². The van der Waals surface area contributed by atoms with Gasteiger partial charge in [-0.2, -0.15) is 0 Å². The molecule has 0 saturated heterocycles. The third kappa shape index (κ3) is 6.84. The zero-order chi connectivity index (χ0) is 34.1. The van der Waals surface area contributed by atoms with E-state index in [2.05, 4.69) is 14.6 Å². The molecule has 1 aliphatic carbocycles. The summed E-state index contributed by atoms with van der Waals surface area (Å²) in [5.41, 5.74) is 2.38. The number of methoxy groups -OCH3 is 1. The van der Waals surface area contributed by atoms with Gasteiger partial charge in [0, 0.05) is 54.7 Å². The molecular weight excluding hydrogens is 653 g/mol. The first kappa shape index (κ1) is 34.4. The van der Waals surface area contributed by atoms with Crippen LogP contribution in [0.2, 0.25) is 5.02 Å². The lowest BCUT2D eigenvalue weighted by atomic mass is 9.62. The number of aryl methyl sites for hydroxylation is 1. The van der Waals surface area contributed by atoms with Crippen LogP contribution in [0.5, 0.6) is 5.75 Å². The normalized spacial score (nSPS) is 28.4. The largest absolute Gasteiger partial charge is 0.487 e. The van der Waals surface area contributed by atoms with E-state index in [0.717, 1.165) is 43.2 Å². The molecule has 11 heteroatoms. The highest BCUT2D eigenvalue weighted by molar-refractivity contribution is 7.90. The van der Waals surface area contributed by atoms with Gasteiger partial charge in [-0.15, -0.1) is 0 Å². The highest BCUT2D eigenvalue weighted by Gasteiger charge is 2.49. The average Bonchev–Trinajstić information content (AvgIpc) is 3.08. The number of nitrogens with one attached hydrogen (secondary N) is 1. The summed E-state index contributed by atoms with van der Waals surface area (Å²) in [5.74, 6) is -0.804. The minimum atomic E-state index is -4.03. The fourth-order valence-corrected chi connectivity index (χ4v) is 8.84. The Kier molecular flexibility index (Phi) is 10.2. The Balaban J connectivity index is 1.46. The highest BCUT2D eigenvalue weighted by Crippen LogP contribution is 2.51. The van der Waals surface area contributed by atoms with E-state index in [1.165, 1.54) is 18.5 Å². The second-order valence-electron chi connectivity index (χ2n) is 13.4. The second kappa shape index (κ2) is 14.2. The van der Waals surface area contributed by atoms with Crippen molar-refractivity contribution in [1.82, 2.24) is 9.71 Å². The lowest BCUT2D eigenvalue weighted by Crippen LogP contribution is -2.50. The maximum atomic E-state index is 15.6. The van der Waals surface area contributed by atoms with E-state index in [0.29, 0.717) is 48.1 Å². The summed E-state index contributed by atoms with van der Waals surface area (Å²) in [6.45, 7) is 5.02. The van der Waals surface area contributed by atoms with Crippen LogP contribution in [0.4, 0.5) is 10.1 Å². The summed E-state index contributed by atoms with van der Waals surface area (Å²) in [5, 5.41) is -0.197. The first-order chi connectivity index (χ1) is 23.0. The summed E-state index contributed by atoms with van der Waals surface area (Å²) in [6.07, 6.45) is 11.5. The molecular formula is C37H43ClFN3O5S. The van der Waals surface area contributed by atoms with Crippen molar-refractivity contribution >= 4 is 33.2 Å². The molecule has 256 valence electrons. The third-order valence-electron chi connectivity index (χ3n) is 10.6. The molecule has 1 N–H and O–H groups in total. The maximum absolute atomic E-state index is 15.6. The van der Waals surface area contributed by atoms with Crippen LogP contribution in [0.25, 0.3) is 0 Å². The lowest BCUT2D eigenvalue weighted by Gasteiger charge is -2.50. The topological polar surface area (TPSA) is 97.8 Å². The monoisotopic (exact) mass is 695 g/mol. The molecule has 1 fully saturated rings. The molecule has 1 amide bonds. The summed E-state index contributed by atoms with van der Waals surface area (Å²) < 4.78 is 57.5. The summed E-state index contributed by atoms with van der Waals surface area (Å²) in [4.78, 5) is 20.0. The quantitative estimate of drug-likeness (QED) is 0.283. The van der Waals surface area contributed by atoms with E-state index in [1.807, 2.05) is 37.3 Å². The Morgan fingerprint density at radius 1 is 1.10 bits per heavy atom. The summed E-state index contributed by atoms with van der Waals surface area (Å²) >= 11 is 6.35. The molecule has 3 aliphatic rings. The minimum Gasteiger partial charge on any atom is -0.487 e. The molecule has 48 heavy (non-hydrogen) atoms. The van der Waals surface area contributed by atoms with Crippen molar-refractivity contribution in [3.05, 3.63) is 100 Å². The van der Waals surface area contributed by atoms with E-state index in [-0.39, 0.29) is 23.3 Å². The van der Waals surface area contributed by atoms with Crippen LogP contribution in [0.15, 0.2) is 67.0 Å². The van der Waals surface area contributed by atoms with Gasteiger partial charge in [0.1, 0.15) is 23.8 Å². The van der Waals surface area contributed by atoms with Crippen LogP contribution in [-0.4, -0.2) is 44.8 Å². The zero-order valence-corrected chi connectivity index (χ0v) is 29.2. The number of anilines is 1. The molecule has 5 atom stereocenters. The van der Waals surface area contributed by atoms with Gasteiger partial charge >= 0.3 is 0 Å². The number of carbonyl (C=O) groups excluding carboxylic acids is 1. The smallest absolute Gasteiger partial charge is 0.264 e. The lowest BCUT2D eigenvalue weighted by molar-refractivity contribution is -0.0824. The van der Waals surface area contributed by atoms with Gasteiger partial charge in [-0.25, -0.2) is 17.5 Å². The number of pyridine rings is 1. The van der Waals surface area contributed by atoms with Crippen molar-refractivity contribution in [2.24, 2.45) is 17.8 Å². The number of allylic oxidation sites excluding steroid dienone is 1. The molecule has 3 heterocycles. The fourth-order valence-electron chi connectivity index (χ4n) is 7.36. The number of halogens is 2. The minimum absolute atomic E-state index is 0.0813. The predicted octanol–water partition coefficient (Wildman–Crippen LogP) is 7.21. The number of rotatable bonds is 2. The van der Waals surface area contributed by atoms with Crippen molar-refractivity contribution < 1.29 is 27.1 Å². The van der Waals surface area contributed by atoms with E-state index < -0.39 is 32.6 Å². The number of amides is 1. The first-order valence-electron chi connectivity index (χ1n) is 16.7. The van der Waals surface area contributed by atoms with Crippen molar-refractivity contribution in [3.63, 3.8) is 0 Å². The number of aromatic nitrogens is 1. The number of ether oxygens (including phenoxy) is 2. The molecule has 6 rings (SSSR count). The van der Waals surface area contributed by atoms with Crippen molar-refractivity contribution in [1.29, 1.82) is 0 Å². The van der Waals surface area contributed by atoms with Crippen molar-refractivity contribution in [3.8, 4) is 5.75 Å². The van der Waals surface area contributed by atoms with Crippen LogP contribution in [0, 0.1) is 23.6 Å². The van der Waals surface area contributed by atoms with Gasteiger partial charge in [0.15, 0.2) is 0 Å². The third-order valence-corrected chi connectivity index (χ3v) is 12.7. The molecule has 3 aromatic rings. The molecule has 2 bridgehead atoms. The molecule has 0 unspecified atom stereocenters. The highest BCUT2D eigenvalue weighted by atomic mass is 35.5. The number of benzene rings is 2. The van der Waals surface area contributed by atoms with Gasteiger partial charge in [0.05, 0.1) is 10.9 Å². The molecule has 0 radical (unpaired) electrons. The van der Waals surface area contributed by atoms with E-state index in [9.17, 15) is 13.2 Å². The number of fused-ring (bicyclic) bond motifs is 3. The van der Waals surface area contributed by atoms with Gasteiger partial charge in [0.25, 0.3) is 5.91 Å². The summed E-state index contributed by atoms with van der Waals surface area (Å²) in [7, 11) is -2.43. The number of hydrogen-bond acceptors (Lipinski definition) is 7. The van der Waals surface area contributed by atoms with Crippen molar-refractivity contribution in [2.45, 2.75) is 69.8 Å². The van der Waals surface area contributed by atoms with E-state index in [1.54, 1.807) is 32.2 Å². The van der Waals surface area contributed by atoms with E-state index >= 15 is 4.39 Å². The van der Waals surface area contributed by atoms with Crippen molar-refractivity contribution in [2.75, 3.05) is 25.1 Å². The Labute approximate surface area is 287 Å². The molecule has 8 nitrogen and oxygen atoms in total. The Morgan fingerprint density at radius 2 is 1.94 bits per heavy atom. The molecule has 2 aromatic carbocycles. The SMILES string of the molecule is CO[C@@]1(c2cnccc2F)/C=C/C[C@H](C)[C@@H](C)S(=O)(=O)NC(=O)c2ccc3c(c2)N(CCCCc2cc(Cl)ccc2CO3)C[C@@H]2CC[C@H]21. The van der Waals surface area contributed by atoms with Crippen LogP contribution in [0.3, 0.4) is 0 Å². The second-order valence-corrected chi connectivity index (χ2v) is 15.9. The first-order valence-corrected chi connectivity index (χ1v) is 18.6. The Morgan fingerprint density at radius 3 is 2.69 bits per heavy atom. The zero-order valence-electron chi connectivity index (χ0n) is 27.6. The average molecular weight is 696 g/mol. The van der Waals surface area contributed by atoms with Gasteiger partial charge in [-0.05, 0) is 105 Å². The number of hydrogen-bond donors (Lipinski definition) is 1. The van der Waals surface area contributed by atoms with Crippen LogP contribution < -0.4 is 14.4 Å². The van der Waals surface area contributed by atoms with Gasteiger partial charge < -0.3 is 14.4 Å². The Bertz CT molecular complexity index is 1800. The Hall–Kier alpha value is -3.47. The molecule has 2 aliphatic heterocycles. The van der Waals surface area contributed by atoms with Crippen LogP contribution in [0.1, 0.15) is 73.0 Å².